The Balaban J connectivity index is 2.34. The van der Waals surface area contributed by atoms with Crippen LogP contribution in [0.25, 0.3) is 0 Å². The third-order valence-corrected chi connectivity index (χ3v) is 5.04. The molecule has 0 spiro atoms. The van der Waals surface area contributed by atoms with Crippen molar-refractivity contribution in [3.8, 4) is 6.07 Å². The quantitative estimate of drug-likeness (QED) is 0.781. The lowest BCUT2D eigenvalue weighted by molar-refractivity contribution is 0.222. The maximum Gasteiger partial charge on any atom is 0.244 e. The van der Waals surface area contributed by atoms with Gasteiger partial charge in [-0.25, -0.2) is 8.42 Å². The topological polar surface area (TPSA) is 64.4 Å². The van der Waals surface area contributed by atoms with Crippen LogP contribution in [-0.4, -0.2) is 50.8 Å². The Kier molecular flexibility index (Phi) is 3.66. The normalized spacial score (nSPS) is 18.4. The summed E-state index contributed by atoms with van der Waals surface area (Å²) in [5, 5.41) is 8.98. The molecule has 0 N–H and O–H groups in total. The molecule has 0 atom stereocenters. The van der Waals surface area contributed by atoms with E-state index in [0.717, 1.165) is 0 Å². The van der Waals surface area contributed by atoms with Crippen LogP contribution in [0, 0.1) is 11.3 Å². The number of piperazine rings is 1. The summed E-state index contributed by atoms with van der Waals surface area (Å²) in [6.45, 7) is 2.37. The molecular formula is C12H15N3O2S. The van der Waals surface area contributed by atoms with Gasteiger partial charge in [-0.15, -0.1) is 0 Å². The highest BCUT2D eigenvalue weighted by molar-refractivity contribution is 7.89. The van der Waals surface area contributed by atoms with Gasteiger partial charge in [-0.1, -0.05) is 12.1 Å². The predicted molar refractivity (Wildman–Crippen MR) is 67.4 cm³/mol. The van der Waals surface area contributed by atoms with Crippen LogP contribution in [0.15, 0.2) is 29.2 Å². The Morgan fingerprint density at radius 3 is 2.39 bits per heavy atom. The van der Waals surface area contributed by atoms with Crippen LogP contribution in [0.3, 0.4) is 0 Å². The van der Waals surface area contributed by atoms with Crippen molar-refractivity contribution in [3.63, 3.8) is 0 Å². The second-order valence-electron chi connectivity index (χ2n) is 4.32. The average molecular weight is 265 g/mol. The van der Waals surface area contributed by atoms with Crippen molar-refractivity contribution in [2.24, 2.45) is 0 Å². The summed E-state index contributed by atoms with van der Waals surface area (Å²) in [6.07, 6.45) is 0. The summed E-state index contributed by atoms with van der Waals surface area (Å²) >= 11 is 0. The van der Waals surface area contributed by atoms with Gasteiger partial charge >= 0.3 is 0 Å². The Morgan fingerprint density at radius 2 is 1.78 bits per heavy atom. The number of likely N-dealkylation sites (N-methyl/N-ethyl adjacent to an activating group) is 1. The van der Waals surface area contributed by atoms with E-state index < -0.39 is 10.0 Å². The predicted octanol–water partition coefficient (Wildman–Crippen LogP) is 0.494. The SMILES string of the molecule is CN1CCN(S(=O)(=O)c2ccccc2C#N)CC1. The molecule has 1 aromatic rings. The van der Waals surface area contributed by atoms with Crippen LogP contribution in [0.5, 0.6) is 0 Å². The number of nitrogens with zero attached hydrogens (tertiary/aromatic N) is 3. The number of sulfonamides is 1. The van der Waals surface area contributed by atoms with Gasteiger partial charge in [-0.2, -0.15) is 9.57 Å². The summed E-state index contributed by atoms with van der Waals surface area (Å²) in [5.41, 5.74) is 0.205. The Bertz CT molecular complexity index is 569. The van der Waals surface area contributed by atoms with Crippen LogP contribution >= 0.6 is 0 Å². The molecule has 5 nitrogen and oxygen atoms in total. The van der Waals surface area contributed by atoms with Gasteiger partial charge in [0.05, 0.1) is 10.5 Å². The van der Waals surface area contributed by atoms with E-state index in [0.29, 0.717) is 26.2 Å². The molecule has 1 aromatic carbocycles. The molecule has 1 fully saturated rings. The molecule has 6 heteroatoms. The van der Waals surface area contributed by atoms with E-state index in [4.69, 9.17) is 5.26 Å². The Hall–Kier alpha value is -1.42. The number of hydrogen-bond acceptors (Lipinski definition) is 4. The van der Waals surface area contributed by atoms with E-state index in [1.54, 1.807) is 12.1 Å². The molecule has 1 aliphatic rings. The largest absolute Gasteiger partial charge is 0.304 e. The first kappa shape index (κ1) is 13.0. The molecular weight excluding hydrogens is 250 g/mol. The molecule has 2 rings (SSSR count). The van der Waals surface area contributed by atoms with Crippen molar-refractivity contribution in [1.29, 1.82) is 5.26 Å². The molecule has 0 radical (unpaired) electrons. The highest BCUT2D eigenvalue weighted by Crippen LogP contribution is 2.20. The zero-order valence-corrected chi connectivity index (χ0v) is 11.0. The fraction of sp³-hybridized carbons (Fsp3) is 0.417. The lowest BCUT2D eigenvalue weighted by Crippen LogP contribution is -2.47. The lowest BCUT2D eigenvalue weighted by Gasteiger charge is -2.31. The summed E-state index contributed by atoms with van der Waals surface area (Å²) in [5.74, 6) is 0. The molecule has 1 saturated heterocycles. The highest BCUT2D eigenvalue weighted by atomic mass is 32.2. The second-order valence-corrected chi connectivity index (χ2v) is 6.22. The molecule has 0 saturated carbocycles. The van der Waals surface area contributed by atoms with Gasteiger partial charge in [-0.05, 0) is 19.2 Å². The molecule has 0 unspecified atom stereocenters. The molecule has 0 aliphatic carbocycles. The van der Waals surface area contributed by atoms with E-state index in [-0.39, 0.29) is 10.5 Å². The maximum absolute atomic E-state index is 12.4. The zero-order valence-electron chi connectivity index (χ0n) is 10.2. The third-order valence-electron chi connectivity index (χ3n) is 3.09. The van der Waals surface area contributed by atoms with Crippen LogP contribution in [0.2, 0.25) is 0 Å². The summed E-state index contributed by atoms with van der Waals surface area (Å²) in [4.78, 5) is 2.19. The summed E-state index contributed by atoms with van der Waals surface area (Å²) < 4.78 is 26.3. The minimum absolute atomic E-state index is 0.108. The van der Waals surface area contributed by atoms with Crippen LogP contribution in [-0.2, 0) is 10.0 Å². The Morgan fingerprint density at radius 1 is 1.17 bits per heavy atom. The van der Waals surface area contributed by atoms with Crippen molar-refractivity contribution in [3.05, 3.63) is 29.8 Å². The van der Waals surface area contributed by atoms with Crippen LogP contribution in [0.4, 0.5) is 0 Å². The van der Waals surface area contributed by atoms with Gasteiger partial charge < -0.3 is 4.90 Å². The fourth-order valence-electron chi connectivity index (χ4n) is 1.95. The van der Waals surface area contributed by atoms with Gasteiger partial charge in [0.15, 0.2) is 0 Å². The summed E-state index contributed by atoms with van der Waals surface area (Å²) in [7, 11) is -1.58. The van der Waals surface area contributed by atoms with Gasteiger partial charge in [0.25, 0.3) is 0 Å². The van der Waals surface area contributed by atoms with Gasteiger partial charge in [0, 0.05) is 26.2 Å². The van der Waals surface area contributed by atoms with Crippen molar-refractivity contribution in [2.45, 2.75) is 4.90 Å². The van der Waals surface area contributed by atoms with E-state index in [1.807, 2.05) is 13.1 Å². The second kappa shape index (κ2) is 5.06. The number of benzene rings is 1. The van der Waals surface area contributed by atoms with Crippen molar-refractivity contribution >= 4 is 10.0 Å². The fourth-order valence-corrected chi connectivity index (χ4v) is 3.52. The molecule has 0 amide bonds. The first-order valence-corrected chi connectivity index (χ1v) is 7.17. The van der Waals surface area contributed by atoms with Gasteiger partial charge in [0.2, 0.25) is 10.0 Å². The molecule has 0 aromatic heterocycles. The maximum atomic E-state index is 12.4. The van der Waals surface area contributed by atoms with Crippen molar-refractivity contribution in [2.75, 3.05) is 33.2 Å². The van der Waals surface area contributed by atoms with Crippen LogP contribution < -0.4 is 0 Å². The minimum atomic E-state index is -3.54. The number of rotatable bonds is 2. The van der Waals surface area contributed by atoms with E-state index >= 15 is 0 Å². The molecule has 0 bridgehead atoms. The third kappa shape index (κ3) is 2.38. The van der Waals surface area contributed by atoms with Gasteiger partial charge in [-0.3, -0.25) is 0 Å². The smallest absolute Gasteiger partial charge is 0.244 e. The van der Waals surface area contributed by atoms with E-state index in [1.165, 1.54) is 16.4 Å². The lowest BCUT2D eigenvalue weighted by atomic mass is 10.2. The monoisotopic (exact) mass is 265 g/mol. The zero-order chi connectivity index (χ0) is 13.2. The average Bonchev–Trinajstić information content (AvgIpc) is 2.39. The van der Waals surface area contributed by atoms with Gasteiger partial charge in [0.1, 0.15) is 6.07 Å². The van der Waals surface area contributed by atoms with E-state index in [9.17, 15) is 8.42 Å². The number of nitriles is 1. The molecule has 1 aliphatic heterocycles. The molecule has 96 valence electrons. The molecule has 18 heavy (non-hydrogen) atoms. The summed E-state index contributed by atoms with van der Waals surface area (Å²) in [6, 6.07) is 8.27. The van der Waals surface area contributed by atoms with Crippen molar-refractivity contribution < 1.29 is 8.42 Å². The highest BCUT2D eigenvalue weighted by Gasteiger charge is 2.29. The van der Waals surface area contributed by atoms with Crippen LogP contribution in [0.1, 0.15) is 5.56 Å². The Labute approximate surface area is 107 Å². The molecule has 1 heterocycles. The van der Waals surface area contributed by atoms with Crippen molar-refractivity contribution in [1.82, 2.24) is 9.21 Å². The minimum Gasteiger partial charge on any atom is -0.304 e. The number of hydrogen-bond donors (Lipinski definition) is 0. The first-order chi connectivity index (χ1) is 8.55. The first-order valence-electron chi connectivity index (χ1n) is 5.73. The van der Waals surface area contributed by atoms with E-state index in [2.05, 4.69) is 4.90 Å². The standard InChI is InChI=1S/C12H15N3O2S/c1-14-6-8-15(9-7-14)18(16,17)12-5-3-2-4-11(12)10-13/h2-5H,6-9H2,1H3.